The fourth-order valence-corrected chi connectivity index (χ4v) is 2.40. The fourth-order valence-electron chi connectivity index (χ4n) is 2.14. The Bertz CT molecular complexity index is 817. The molecular formula is C19H15ClFNO2. The van der Waals surface area contributed by atoms with Gasteiger partial charge in [0, 0.05) is 11.6 Å². The molecule has 0 spiro atoms. The van der Waals surface area contributed by atoms with Crippen LogP contribution in [-0.4, -0.2) is 4.98 Å². The minimum absolute atomic E-state index is 0.137. The van der Waals surface area contributed by atoms with E-state index in [0.717, 1.165) is 5.56 Å². The van der Waals surface area contributed by atoms with Gasteiger partial charge < -0.3 is 9.47 Å². The standard InChI is InChI=1S/C19H15ClFNO2/c1-13-5-4-7-16(20)19(13)24-18-10-9-15(11-22-18)23-12-14-6-2-3-8-17(14)21/h2-11H,12H2,1H3. The number of benzene rings is 2. The van der Waals surface area contributed by atoms with Gasteiger partial charge in [-0.2, -0.15) is 0 Å². The van der Waals surface area contributed by atoms with Crippen LogP contribution >= 0.6 is 11.6 Å². The van der Waals surface area contributed by atoms with Crippen LogP contribution in [0.3, 0.4) is 0 Å². The summed E-state index contributed by atoms with van der Waals surface area (Å²) in [5.74, 6) is 1.22. The Labute approximate surface area is 144 Å². The summed E-state index contributed by atoms with van der Waals surface area (Å²) in [6.45, 7) is 2.05. The molecule has 0 aliphatic carbocycles. The van der Waals surface area contributed by atoms with E-state index in [9.17, 15) is 4.39 Å². The van der Waals surface area contributed by atoms with Crippen molar-refractivity contribution in [1.82, 2.24) is 4.98 Å². The first-order chi connectivity index (χ1) is 11.6. The topological polar surface area (TPSA) is 31.4 Å². The van der Waals surface area contributed by atoms with E-state index in [1.54, 1.807) is 36.4 Å². The summed E-state index contributed by atoms with van der Waals surface area (Å²) in [6, 6.07) is 15.4. The number of para-hydroxylation sites is 1. The molecule has 0 atom stereocenters. The van der Waals surface area contributed by atoms with Crippen LogP contribution in [0.25, 0.3) is 0 Å². The molecular weight excluding hydrogens is 329 g/mol. The summed E-state index contributed by atoms with van der Waals surface area (Å²) < 4.78 is 24.8. The number of halogens is 2. The van der Waals surface area contributed by atoms with Crippen LogP contribution in [0.1, 0.15) is 11.1 Å². The lowest BCUT2D eigenvalue weighted by Gasteiger charge is -2.10. The highest BCUT2D eigenvalue weighted by molar-refractivity contribution is 6.32. The van der Waals surface area contributed by atoms with Gasteiger partial charge >= 0.3 is 0 Å². The number of aryl methyl sites for hydroxylation is 1. The van der Waals surface area contributed by atoms with Crippen LogP contribution in [-0.2, 0) is 6.61 Å². The Hall–Kier alpha value is -2.59. The van der Waals surface area contributed by atoms with Crippen LogP contribution in [0.4, 0.5) is 4.39 Å². The molecule has 0 saturated heterocycles. The number of ether oxygens (including phenoxy) is 2. The summed E-state index contributed by atoms with van der Waals surface area (Å²) in [5.41, 5.74) is 1.41. The molecule has 0 bridgehead atoms. The number of hydrogen-bond donors (Lipinski definition) is 0. The maximum absolute atomic E-state index is 13.5. The van der Waals surface area contributed by atoms with Gasteiger partial charge in [-0.3, -0.25) is 0 Å². The van der Waals surface area contributed by atoms with Gasteiger partial charge in [-0.25, -0.2) is 9.37 Å². The van der Waals surface area contributed by atoms with Crippen molar-refractivity contribution in [3.8, 4) is 17.4 Å². The molecule has 0 amide bonds. The van der Waals surface area contributed by atoms with Gasteiger partial charge in [-0.05, 0) is 30.7 Å². The first-order valence-electron chi connectivity index (χ1n) is 7.39. The van der Waals surface area contributed by atoms with Crippen molar-refractivity contribution in [3.63, 3.8) is 0 Å². The monoisotopic (exact) mass is 343 g/mol. The predicted molar refractivity (Wildman–Crippen MR) is 91.2 cm³/mol. The molecule has 1 heterocycles. The van der Waals surface area contributed by atoms with Crippen LogP contribution in [0.5, 0.6) is 17.4 Å². The lowest BCUT2D eigenvalue weighted by molar-refractivity contribution is 0.297. The van der Waals surface area contributed by atoms with Crippen molar-refractivity contribution in [2.24, 2.45) is 0 Å². The third kappa shape index (κ3) is 3.84. The smallest absolute Gasteiger partial charge is 0.219 e. The van der Waals surface area contributed by atoms with E-state index in [4.69, 9.17) is 21.1 Å². The van der Waals surface area contributed by atoms with Crippen molar-refractivity contribution < 1.29 is 13.9 Å². The summed E-state index contributed by atoms with van der Waals surface area (Å²) in [7, 11) is 0. The van der Waals surface area contributed by atoms with Gasteiger partial charge in [-0.1, -0.05) is 41.9 Å². The summed E-state index contributed by atoms with van der Waals surface area (Å²) in [5, 5.41) is 0.525. The SMILES string of the molecule is Cc1cccc(Cl)c1Oc1ccc(OCc2ccccc2F)cn1. The van der Waals surface area contributed by atoms with Gasteiger partial charge in [0.2, 0.25) is 5.88 Å². The highest BCUT2D eigenvalue weighted by atomic mass is 35.5. The Morgan fingerprint density at radius 2 is 1.88 bits per heavy atom. The van der Waals surface area contributed by atoms with Gasteiger partial charge in [0.05, 0.1) is 11.2 Å². The second kappa shape index (κ2) is 7.32. The third-order valence-electron chi connectivity index (χ3n) is 3.43. The molecule has 2 aromatic carbocycles. The number of rotatable bonds is 5. The third-order valence-corrected chi connectivity index (χ3v) is 3.73. The van der Waals surface area contributed by atoms with Crippen molar-refractivity contribution in [2.45, 2.75) is 13.5 Å². The maximum Gasteiger partial charge on any atom is 0.219 e. The zero-order valence-electron chi connectivity index (χ0n) is 13.0. The van der Waals surface area contributed by atoms with Crippen molar-refractivity contribution in [3.05, 3.63) is 82.8 Å². The quantitative estimate of drug-likeness (QED) is 0.608. The molecule has 5 heteroatoms. The van der Waals surface area contributed by atoms with E-state index in [-0.39, 0.29) is 12.4 Å². The predicted octanol–water partition coefficient (Wildman–Crippen LogP) is 5.55. The molecule has 1 aromatic heterocycles. The van der Waals surface area contributed by atoms with Crippen molar-refractivity contribution in [2.75, 3.05) is 0 Å². The van der Waals surface area contributed by atoms with Gasteiger partial charge in [0.25, 0.3) is 0 Å². The van der Waals surface area contributed by atoms with Crippen LogP contribution in [0, 0.1) is 12.7 Å². The molecule has 0 unspecified atom stereocenters. The molecule has 0 aliphatic heterocycles. The summed E-state index contributed by atoms with van der Waals surface area (Å²) >= 11 is 6.13. The zero-order valence-corrected chi connectivity index (χ0v) is 13.8. The Morgan fingerprint density at radius 1 is 1.04 bits per heavy atom. The Kier molecular flexibility index (Phi) is 4.96. The maximum atomic E-state index is 13.5. The fraction of sp³-hybridized carbons (Fsp3) is 0.105. The highest BCUT2D eigenvalue weighted by Gasteiger charge is 2.08. The van der Waals surface area contributed by atoms with Crippen LogP contribution in [0.2, 0.25) is 5.02 Å². The molecule has 122 valence electrons. The van der Waals surface area contributed by atoms with E-state index in [2.05, 4.69) is 4.98 Å². The molecule has 3 nitrogen and oxygen atoms in total. The van der Waals surface area contributed by atoms with E-state index in [1.807, 2.05) is 19.1 Å². The molecule has 3 aromatic rings. The minimum Gasteiger partial charge on any atom is -0.487 e. The van der Waals surface area contributed by atoms with E-state index >= 15 is 0 Å². The van der Waals surface area contributed by atoms with E-state index < -0.39 is 0 Å². The second-order valence-electron chi connectivity index (χ2n) is 5.20. The zero-order chi connectivity index (χ0) is 16.9. The van der Waals surface area contributed by atoms with Crippen LogP contribution in [0.15, 0.2) is 60.8 Å². The van der Waals surface area contributed by atoms with Crippen LogP contribution < -0.4 is 9.47 Å². The number of pyridine rings is 1. The first-order valence-corrected chi connectivity index (χ1v) is 7.76. The minimum atomic E-state index is -0.292. The molecule has 0 aliphatic rings. The Balaban J connectivity index is 1.66. The molecule has 0 radical (unpaired) electrons. The first kappa shape index (κ1) is 16.3. The normalized spacial score (nSPS) is 10.5. The second-order valence-corrected chi connectivity index (χ2v) is 5.61. The summed E-state index contributed by atoms with van der Waals surface area (Å²) in [6.07, 6.45) is 1.53. The largest absolute Gasteiger partial charge is 0.487 e. The lowest BCUT2D eigenvalue weighted by Crippen LogP contribution is -1.99. The van der Waals surface area contributed by atoms with E-state index in [0.29, 0.717) is 28.0 Å². The molecule has 0 saturated carbocycles. The summed E-state index contributed by atoms with van der Waals surface area (Å²) in [4.78, 5) is 4.19. The molecule has 0 fully saturated rings. The molecule has 3 rings (SSSR count). The average Bonchev–Trinajstić information content (AvgIpc) is 2.59. The number of hydrogen-bond acceptors (Lipinski definition) is 3. The van der Waals surface area contributed by atoms with Gasteiger partial charge in [0.15, 0.2) is 5.75 Å². The Morgan fingerprint density at radius 3 is 2.58 bits per heavy atom. The number of aromatic nitrogens is 1. The molecule has 24 heavy (non-hydrogen) atoms. The van der Waals surface area contributed by atoms with Gasteiger partial charge in [-0.15, -0.1) is 0 Å². The van der Waals surface area contributed by atoms with Gasteiger partial charge in [0.1, 0.15) is 18.2 Å². The number of nitrogens with zero attached hydrogens (tertiary/aromatic N) is 1. The lowest BCUT2D eigenvalue weighted by atomic mass is 10.2. The highest BCUT2D eigenvalue weighted by Crippen LogP contribution is 2.32. The van der Waals surface area contributed by atoms with E-state index in [1.165, 1.54) is 12.3 Å². The average molecular weight is 344 g/mol. The van der Waals surface area contributed by atoms with Crippen molar-refractivity contribution in [1.29, 1.82) is 0 Å². The van der Waals surface area contributed by atoms with Crippen molar-refractivity contribution >= 4 is 11.6 Å². The molecule has 0 N–H and O–H groups in total.